The van der Waals surface area contributed by atoms with E-state index >= 15 is 0 Å². The van der Waals surface area contributed by atoms with E-state index in [1.807, 2.05) is 92.4 Å². The standard InChI is InChI=1S/C42H41FN4O6/c1-42(2,3)53-34(48)27-45-21-23-46(24-22-45)41(50)52-38-32-15-10-20-44-36(32)39(51-37(29-11-6-4-7-12-29)30-13-8-5-9-14-30)35-33(38)26-47(40(35)49)25-28-16-18-31(43)19-17-28/h4-20,26,37,49H,21-25,27H2,1-3H3. The molecular weight excluding hydrogens is 675 g/mol. The number of ether oxygens (including phenoxy) is 3. The van der Waals surface area contributed by atoms with Gasteiger partial charge >= 0.3 is 12.1 Å². The fourth-order valence-electron chi connectivity index (χ4n) is 6.61. The van der Waals surface area contributed by atoms with Crippen LogP contribution >= 0.6 is 0 Å². The number of benzene rings is 4. The number of carbonyl (C=O) groups excluding carboxylic acids is 2. The molecule has 1 fully saturated rings. The number of piperazine rings is 1. The summed E-state index contributed by atoms with van der Waals surface area (Å²) >= 11 is 0. The number of carbonyl (C=O) groups is 2. The van der Waals surface area contributed by atoms with E-state index in [0.717, 1.165) is 16.7 Å². The maximum Gasteiger partial charge on any atom is 0.415 e. The predicted octanol–water partition coefficient (Wildman–Crippen LogP) is 7.71. The topological polar surface area (TPSA) is 106 Å². The fourth-order valence-corrected chi connectivity index (χ4v) is 6.61. The molecule has 1 aliphatic rings. The van der Waals surface area contributed by atoms with Crippen molar-refractivity contribution in [3.8, 4) is 17.4 Å². The molecule has 11 heteroatoms. The molecule has 0 radical (unpaired) electrons. The summed E-state index contributed by atoms with van der Waals surface area (Å²) < 4.78 is 34.1. The molecule has 1 saturated heterocycles. The van der Waals surface area contributed by atoms with Crippen molar-refractivity contribution < 1.29 is 33.3 Å². The van der Waals surface area contributed by atoms with Gasteiger partial charge in [0.15, 0.2) is 11.5 Å². The molecule has 0 atom stereocenters. The number of rotatable bonds is 9. The molecular formula is C42H41FN4O6. The summed E-state index contributed by atoms with van der Waals surface area (Å²) in [6, 6.07) is 29.2. The molecule has 0 aliphatic carbocycles. The molecule has 0 bridgehead atoms. The van der Waals surface area contributed by atoms with Crippen LogP contribution in [0.3, 0.4) is 0 Å². The molecule has 6 aromatic rings. The quantitative estimate of drug-likeness (QED) is 0.152. The van der Waals surface area contributed by atoms with E-state index < -0.39 is 17.8 Å². The fraction of sp³-hybridized carbons (Fsp3) is 0.262. The van der Waals surface area contributed by atoms with Crippen LogP contribution in [0.1, 0.15) is 43.6 Å². The average molecular weight is 717 g/mol. The smallest absolute Gasteiger partial charge is 0.415 e. The highest BCUT2D eigenvalue weighted by molar-refractivity contribution is 6.12. The number of hydrogen-bond donors (Lipinski definition) is 1. The number of aromatic hydroxyl groups is 1. The van der Waals surface area contributed by atoms with Gasteiger partial charge in [-0.05, 0) is 61.7 Å². The van der Waals surface area contributed by atoms with Gasteiger partial charge in [-0.2, -0.15) is 0 Å². The van der Waals surface area contributed by atoms with E-state index in [1.165, 1.54) is 12.1 Å². The minimum atomic E-state index is -0.581. The van der Waals surface area contributed by atoms with Crippen LogP contribution in [0.4, 0.5) is 9.18 Å². The zero-order valence-corrected chi connectivity index (χ0v) is 29.9. The number of esters is 1. The van der Waals surface area contributed by atoms with Crippen LogP contribution in [0, 0.1) is 5.82 Å². The van der Waals surface area contributed by atoms with Crippen molar-refractivity contribution in [2.24, 2.45) is 0 Å². The molecule has 2 aromatic heterocycles. The van der Waals surface area contributed by atoms with Gasteiger partial charge in [0.05, 0.1) is 23.9 Å². The summed E-state index contributed by atoms with van der Waals surface area (Å²) in [4.78, 5) is 34.5. The number of nitrogens with zero attached hydrogens (tertiary/aromatic N) is 4. The molecule has 1 N–H and O–H groups in total. The van der Waals surface area contributed by atoms with Gasteiger partial charge in [0.25, 0.3) is 0 Å². The Morgan fingerprint density at radius 2 is 1.47 bits per heavy atom. The van der Waals surface area contributed by atoms with Gasteiger partial charge in [0, 0.05) is 44.0 Å². The summed E-state index contributed by atoms with van der Waals surface area (Å²) in [6.45, 7) is 7.44. The first kappa shape index (κ1) is 35.5. The van der Waals surface area contributed by atoms with E-state index in [9.17, 15) is 19.1 Å². The van der Waals surface area contributed by atoms with Crippen LogP contribution in [0.2, 0.25) is 0 Å². The van der Waals surface area contributed by atoms with Gasteiger partial charge in [-0.15, -0.1) is 0 Å². The normalized spacial score (nSPS) is 13.8. The van der Waals surface area contributed by atoms with Crippen molar-refractivity contribution in [2.45, 2.75) is 39.0 Å². The molecule has 3 heterocycles. The summed E-state index contributed by atoms with van der Waals surface area (Å²) in [6.07, 6.45) is 2.20. The number of halogens is 1. The van der Waals surface area contributed by atoms with Crippen LogP contribution < -0.4 is 9.47 Å². The minimum Gasteiger partial charge on any atom is -0.494 e. The van der Waals surface area contributed by atoms with E-state index in [2.05, 4.69) is 0 Å². The molecule has 0 saturated carbocycles. The number of hydrogen-bond acceptors (Lipinski definition) is 8. The highest BCUT2D eigenvalue weighted by atomic mass is 19.1. The molecule has 10 nitrogen and oxygen atoms in total. The molecule has 7 rings (SSSR count). The lowest BCUT2D eigenvalue weighted by atomic mass is 10.0. The lowest BCUT2D eigenvalue weighted by Crippen LogP contribution is -2.51. The van der Waals surface area contributed by atoms with E-state index in [-0.39, 0.29) is 36.5 Å². The molecule has 272 valence electrons. The second kappa shape index (κ2) is 15.0. The first-order chi connectivity index (χ1) is 25.5. The Labute approximate surface area is 306 Å². The molecule has 1 aliphatic heterocycles. The van der Waals surface area contributed by atoms with Crippen molar-refractivity contribution in [3.63, 3.8) is 0 Å². The number of pyridine rings is 1. The van der Waals surface area contributed by atoms with Crippen molar-refractivity contribution in [2.75, 3.05) is 32.7 Å². The molecule has 1 amide bonds. The summed E-state index contributed by atoms with van der Waals surface area (Å²) in [7, 11) is 0. The second-order valence-corrected chi connectivity index (χ2v) is 14.1. The first-order valence-corrected chi connectivity index (χ1v) is 17.6. The minimum absolute atomic E-state index is 0.125. The van der Waals surface area contributed by atoms with Crippen LogP contribution in [-0.2, 0) is 16.1 Å². The van der Waals surface area contributed by atoms with Crippen molar-refractivity contribution >= 4 is 33.7 Å². The largest absolute Gasteiger partial charge is 0.494 e. The summed E-state index contributed by atoms with van der Waals surface area (Å²) in [5.41, 5.74) is 2.35. The number of aromatic nitrogens is 2. The van der Waals surface area contributed by atoms with Gasteiger partial charge < -0.3 is 28.8 Å². The molecule has 0 unspecified atom stereocenters. The van der Waals surface area contributed by atoms with Gasteiger partial charge in [0.1, 0.15) is 23.0 Å². The lowest BCUT2D eigenvalue weighted by molar-refractivity contribution is -0.156. The summed E-state index contributed by atoms with van der Waals surface area (Å²) in [5.74, 6) is -0.264. The lowest BCUT2D eigenvalue weighted by Gasteiger charge is -2.34. The van der Waals surface area contributed by atoms with Gasteiger partial charge in [-0.25, -0.2) is 9.18 Å². The maximum absolute atomic E-state index is 13.9. The Balaban J connectivity index is 1.28. The third-order valence-corrected chi connectivity index (χ3v) is 9.09. The van der Waals surface area contributed by atoms with Gasteiger partial charge in [0.2, 0.25) is 5.88 Å². The third-order valence-electron chi connectivity index (χ3n) is 9.09. The average Bonchev–Trinajstić information content (AvgIpc) is 3.47. The Morgan fingerprint density at radius 3 is 2.09 bits per heavy atom. The SMILES string of the molecule is CC(C)(C)OC(=O)CN1CCN(C(=O)Oc2c3cccnc3c(OC(c3ccccc3)c3ccccc3)c3c(O)n(Cc4ccc(F)cc4)cc23)CC1. The molecule has 0 spiro atoms. The summed E-state index contributed by atoms with van der Waals surface area (Å²) in [5, 5.41) is 13.2. The van der Waals surface area contributed by atoms with Crippen molar-refractivity contribution in [3.05, 3.63) is 132 Å². The zero-order valence-electron chi connectivity index (χ0n) is 29.9. The second-order valence-electron chi connectivity index (χ2n) is 14.1. The highest BCUT2D eigenvalue weighted by Gasteiger charge is 2.30. The predicted molar refractivity (Wildman–Crippen MR) is 200 cm³/mol. The van der Waals surface area contributed by atoms with Crippen LogP contribution in [0.25, 0.3) is 21.7 Å². The number of fused-ring (bicyclic) bond motifs is 2. The van der Waals surface area contributed by atoms with Crippen LogP contribution in [0.5, 0.6) is 17.4 Å². The van der Waals surface area contributed by atoms with Crippen molar-refractivity contribution in [1.29, 1.82) is 0 Å². The monoisotopic (exact) mass is 716 g/mol. The van der Waals surface area contributed by atoms with E-state index in [4.69, 9.17) is 19.2 Å². The zero-order chi connectivity index (χ0) is 37.1. The Morgan fingerprint density at radius 1 is 0.830 bits per heavy atom. The molecule has 4 aromatic carbocycles. The van der Waals surface area contributed by atoms with Crippen molar-refractivity contribution in [1.82, 2.24) is 19.4 Å². The Kier molecular flexibility index (Phi) is 10.0. The van der Waals surface area contributed by atoms with Gasteiger partial charge in [-0.3, -0.25) is 14.7 Å². The number of amides is 1. The van der Waals surface area contributed by atoms with Gasteiger partial charge in [-0.1, -0.05) is 72.8 Å². The van der Waals surface area contributed by atoms with Crippen LogP contribution in [-0.4, -0.2) is 74.8 Å². The van der Waals surface area contributed by atoms with Crippen LogP contribution in [0.15, 0.2) is 109 Å². The third kappa shape index (κ3) is 7.95. The first-order valence-electron chi connectivity index (χ1n) is 17.6. The van der Waals surface area contributed by atoms with E-state index in [1.54, 1.807) is 40.1 Å². The van der Waals surface area contributed by atoms with E-state index in [0.29, 0.717) is 53.6 Å². The highest BCUT2D eigenvalue weighted by Crippen LogP contribution is 2.48. The Hall–Kier alpha value is -5.94. The molecule has 53 heavy (non-hydrogen) atoms. The maximum atomic E-state index is 13.9. The Bertz CT molecular complexity index is 2190.